The van der Waals surface area contributed by atoms with Crippen molar-refractivity contribution in [1.29, 1.82) is 0 Å². The number of halogens is 2. The lowest BCUT2D eigenvalue weighted by Gasteiger charge is -2.14. The number of hydrogen-bond acceptors (Lipinski definition) is 2. The summed E-state index contributed by atoms with van der Waals surface area (Å²) in [5.41, 5.74) is 1.37. The Morgan fingerprint density at radius 3 is 2.68 bits per heavy atom. The number of nitrogens with zero attached hydrogens (tertiary/aromatic N) is 1. The van der Waals surface area contributed by atoms with Gasteiger partial charge in [0.1, 0.15) is 11.9 Å². The molecule has 1 aromatic heterocycles. The second-order valence-corrected chi connectivity index (χ2v) is 4.53. The number of imidazole rings is 1. The molecule has 0 amide bonds. The van der Waals surface area contributed by atoms with Crippen LogP contribution < -0.4 is 0 Å². The fraction of sp³-hybridized carbons (Fsp3) is 0.357. The van der Waals surface area contributed by atoms with Crippen LogP contribution in [0.1, 0.15) is 42.1 Å². The monoisotopic (exact) mass is 266 g/mol. The predicted octanol–water partition coefficient (Wildman–Crippen LogP) is 3.03. The molecular weight excluding hydrogens is 250 g/mol. The van der Waals surface area contributed by atoms with E-state index < -0.39 is 17.7 Å². The third-order valence-electron chi connectivity index (χ3n) is 3.01. The summed E-state index contributed by atoms with van der Waals surface area (Å²) in [6, 6.07) is 2.44. The van der Waals surface area contributed by atoms with E-state index in [0.29, 0.717) is 24.2 Å². The van der Waals surface area contributed by atoms with Gasteiger partial charge in [-0.3, -0.25) is 0 Å². The first-order chi connectivity index (χ1) is 9.04. The Morgan fingerprint density at radius 2 is 2.11 bits per heavy atom. The Balaban J connectivity index is 2.46. The third-order valence-corrected chi connectivity index (χ3v) is 3.01. The van der Waals surface area contributed by atoms with Crippen molar-refractivity contribution in [2.45, 2.75) is 32.8 Å². The van der Waals surface area contributed by atoms with Gasteiger partial charge in [-0.1, -0.05) is 19.4 Å². The van der Waals surface area contributed by atoms with E-state index in [9.17, 15) is 13.9 Å². The average Bonchev–Trinajstić information content (AvgIpc) is 2.81. The molecule has 0 aliphatic heterocycles. The molecule has 2 N–H and O–H groups in total. The zero-order valence-electron chi connectivity index (χ0n) is 10.9. The van der Waals surface area contributed by atoms with Crippen molar-refractivity contribution in [3.8, 4) is 0 Å². The van der Waals surface area contributed by atoms with Crippen LogP contribution in [-0.4, -0.2) is 15.1 Å². The smallest absolute Gasteiger partial charge is 0.162 e. The number of benzene rings is 1. The van der Waals surface area contributed by atoms with Crippen molar-refractivity contribution < 1.29 is 13.9 Å². The van der Waals surface area contributed by atoms with Crippen molar-refractivity contribution in [3.05, 3.63) is 52.6 Å². The van der Waals surface area contributed by atoms with Crippen LogP contribution in [-0.2, 0) is 6.42 Å². The number of rotatable bonds is 4. The fourth-order valence-corrected chi connectivity index (χ4v) is 2.09. The lowest BCUT2D eigenvalue weighted by atomic mass is 9.97. The highest BCUT2D eigenvalue weighted by molar-refractivity contribution is 5.34. The zero-order valence-corrected chi connectivity index (χ0v) is 10.9. The highest BCUT2D eigenvalue weighted by Crippen LogP contribution is 2.27. The number of aliphatic hydroxyl groups excluding tert-OH is 1. The Morgan fingerprint density at radius 1 is 1.37 bits per heavy atom. The van der Waals surface area contributed by atoms with Crippen molar-refractivity contribution in [1.82, 2.24) is 9.97 Å². The van der Waals surface area contributed by atoms with Gasteiger partial charge in [0, 0.05) is 11.9 Å². The number of aliphatic hydroxyl groups is 1. The van der Waals surface area contributed by atoms with E-state index in [-0.39, 0.29) is 5.56 Å². The van der Waals surface area contributed by atoms with Gasteiger partial charge in [-0.15, -0.1) is 0 Å². The van der Waals surface area contributed by atoms with Crippen LogP contribution in [0.5, 0.6) is 0 Å². The Kier molecular flexibility index (Phi) is 3.95. The van der Waals surface area contributed by atoms with Crippen LogP contribution in [0.25, 0.3) is 0 Å². The second-order valence-electron chi connectivity index (χ2n) is 4.53. The molecule has 1 aromatic carbocycles. The molecular formula is C14H16F2N2O. The SMILES string of the molecule is CCCc1c(C(O)c2ncc(C)[nH]2)ccc(F)c1F. The number of nitrogens with one attached hydrogen (secondary N) is 1. The molecule has 0 spiro atoms. The Hall–Kier alpha value is -1.75. The Bertz CT molecular complexity index is 581. The molecule has 0 bridgehead atoms. The van der Waals surface area contributed by atoms with Crippen molar-refractivity contribution in [2.24, 2.45) is 0 Å². The van der Waals surface area contributed by atoms with Crippen LogP contribution in [0, 0.1) is 18.6 Å². The summed E-state index contributed by atoms with van der Waals surface area (Å²) in [5, 5.41) is 10.2. The number of hydrogen-bond donors (Lipinski definition) is 2. The molecule has 2 rings (SSSR count). The van der Waals surface area contributed by atoms with Crippen molar-refractivity contribution >= 4 is 0 Å². The van der Waals surface area contributed by atoms with E-state index in [0.717, 1.165) is 11.8 Å². The van der Waals surface area contributed by atoms with Gasteiger partial charge in [0.2, 0.25) is 0 Å². The normalized spacial score (nSPS) is 12.7. The van der Waals surface area contributed by atoms with Crippen LogP contribution in [0.2, 0.25) is 0 Å². The van der Waals surface area contributed by atoms with Gasteiger partial charge in [-0.25, -0.2) is 13.8 Å². The summed E-state index contributed by atoms with van der Waals surface area (Å²) in [7, 11) is 0. The number of aromatic amines is 1. The van der Waals surface area contributed by atoms with Gasteiger partial charge in [0.25, 0.3) is 0 Å². The molecule has 0 radical (unpaired) electrons. The van der Waals surface area contributed by atoms with Crippen molar-refractivity contribution in [2.75, 3.05) is 0 Å². The van der Waals surface area contributed by atoms with Gasteiger partial charge in [0.05, 0.1) is 0 Å². The van der Waals surface area contributed by atoms with E-state index in [1.54, 1.807) is 13.1 Å². The molecule has 3 nitrogen and oxygen atoms in total. The van der Waals surface area contributed by atoms with E-state index in [2.05, 4.69) is 9.97 Å². The maximum atomic E-state index is 13.8. The first-order valence-corrected chi connectivity index (χ1v) is 6.21. The summed E-state index contributed by atoms with van der Waals surface area (Å²) in [5.74, 6) is -1.45. The molecule has 0 aliphatic carbocycles. The largest absolute Gasteiger partial charge is 0.380 e. The summed E-state index contributed by atoms with van der Waals surface area (Å²) in [6.45, 7) is 3.68. The lowest BCUT2D eigenvalue weighted by molar-refractivity contribution is 0.208. The molecule has 2 aromatic rings. The molecule has 5 heteroatoms. The summed E-state index contributed by atoms with van der Waals surface area (Å²) in [4.78, 5) is 6.92. The molecule has 1 atom stereocenters. The minimum atomic E-state index is -1.08. The van der Waals surface area contributed by atoms with E-state index in [1.165, 1.54) is 6.07 Å². The first kappa shape index (κ1) is 13.7. The molecule has 102 valence electrons. The highest BCUT2D eigenvalue weighted by Gasteiger charge is 2.21. The standard InChI is InChI=1S/C14H16F2N2O/c1-3-4-9-10(5-6-11(15)12(9)16)13(19)14-17-7-8(2)18-14/h5-7,13,19H,3-4H2,1-2H3,(H,17,18). The second kappa shape index (κ2) is 5.48. The van der Waals surface area contributed by atoms with Crippen LogP contribution >= 0.6 is 0 Å². The van der Waals surface area contributed by atoms with Gasteiger partial charge in [-0.2, -0.15) is 0 Å². The zero-order chi connectivity index (χ0) is 14.0. The summed E-state index contributed by atoms with van der Waals surface area (Å²) < 4.78 is 27.1. The molecule has 1 unspecified atom stereocenters. The predicted molar refractivity (Wildman–Crippen MR) is 67.7 cm³/mol. The van der Waals surface area contributed by atoms with Crippen LogP contribution in [0.4, 0.5) is 8.78 Å². The van der Waals surface area contributed by atoms with Gasteiger partial charge in [-0.05, 0) is 30.5 Å². The van der Waals surface area contributed by atoms with Crippen LogP contribution in [0.3, 0.4) is 0 Å². The minimum absolute atomic E-state index is 0.212. The molecule has 1 heterocycles. The van der Waals surface area contributed by atoms with E-state index >= 15 is 0 Å². The minimum Gasteiger partial charge on any atom is -0.380 e. The highest BCUT2D eigenvalue weighted by atomic mass is 19.2. The van der Waals surface area contributed by atoms with Gasteiger partial charge in [0.15, 0.2) is 11.6 Å². The van der Waals surface area contributed by atoms with Crippen LogP contribution in [0.15, 0.2) is 18.3 Å². The Labute approximate surface area is 110 Å². The molecule has 19 heavy (non-hydrogen) atoms. The van der Waals surface area contributed by atoms with E-state index in [1.807, 2.05) is 6.92 Å². The topological polar surface area (TPSA) is 48.9 Å². The average molecular weight is 266 g/mol. The maximum absolute atomic E-state index is 13.8. The fourth-order valence-electron chi connectivity index (χ4n) is 2.09. The number of aryl methyl sites for hydroxylation is 1. The molecule has 0 fully saturated rings. The quantitative estimate of drug-likeness (QED) is 0.893. The lowest BCUT2D eigenvalue weighted by Crippen LogP contribution is -2.09. The molecule has 0 aliphatic rings. The summed E-state index contributed by atoms with van der Waals surface area (Å²) >= 11 is 0. The molecule has 0 saturated heterocycles. The van der Waals surface area contributed by atoms with Gasteiger partial charge >= 0.3 is 0 Å². The summed E-state index contributed by atoms with van der Waals surface area (Å²) in [6.07, 6.45) is 1.54. The number of H-pyrrole nitrogens is 1. The number of aromatic nitrogens is 2. The van der Waals surface area contributed by atoms with E-state index in [4.69, 9.17) is 0 Å². The van der Waals surface area contributed by atoms with Gasteiger partial charge < -0.3 is 10.1 Å². The first-order valence-electron chi connectivity index (χ1n) is 6.21. The maximum Gasteiger partial charge on any atom is 0.162 e. The molecule has 0 saturated carbocycles. The third kappa shape index (κ3) is 2.66. The van der Waals surface area contributed by atoms with Crippen molar-refractivity contribution in [3.63, 3.8) is 0 Å².